The van der Waals surface area contributed by atoms with Gasteiger partial charge in [-0.05, 0) is 90.0 Å². The molecule has 0 unspecified atom stereocenters. The third-order valence-corrected chi connectivity index (χ3v) is 6.75. The van der Waals surface area contributed by atoms with Crippen molar-refractivity contribution in [3.63, 3.8) is 0 Å². The lowest BCUT2D eigenvalue weighted by atomic mass is 9.94. The standard InChI is InChI=1S/C25H25Cl2FN2O3S/c1-15-9-24(28)16(2)8-21(15)19-10-17(6-7-30-34(3,32)33)11-20(13-19)25(31)29-14-18-4-5-22(26)23(27)12-18/h4-5,8-13,30H,6-7,14H2,1-3H3,(H,29,31). The number of amides is 1. The number of nitrogens with one attached hydrogen (secondary N) is 2. The van der Waals surface area contributed by atoms with E-state index in [-0.39, 0.29) is 24.8 Å². The fourth-order valence-corrected chi connectivity index (χ4v) is 4.32. The van der Waals surface area contributed by atoms with Crippen molar-refractivity contribution < 1.29 is 17.6 Å². The summed E-state index contributed by atoms with van der Waals surface area (Å²) in [6, 6.07) is 13.7. The van der Waals surface area contributed by atoms with E-state index in [0.717, 1.165) is 34.1 Å². The van der Waals surface area contributed by atoms with Gasteiger partial charge in [0.05, 0.1) is 16.3 Å². The molecule has 0 atom stereocenters. The first-order valence-corrected chi connectivity index (χ1v) is 13.2. The maximum Gasteiger partial charge on any atom is 0.251 e. The quantitative estimate of drug-likeness (QED) is 0.413. The highest BCUT2D eigenvalue weighted by atomic mass is 35.5. The predicted molar refractivity (Wildman–Crippen MR) is 135 cm³/mol. The molecule has 0 saturated carbocycles. The molecule has 34 heavy (non-hydrogen) atoms. The van der Waals surface area contributed by atoms with Crippen molar-refractivity contribution in [1.82, 2.24) is 10.0 Å². The lowest BCUT2D eigenvalue weighted by Gasteiger charge is -2.14. The summed E-state index contributed by atoms with van der Waals surface area (Å²) in [5.41, 5.74) is 4.75. The van der Waals surface area contributed by atoms with E-state index in [1.165, 1.54) is 6.07 Å². The highest BCUT2D eigenvalue weighted by molar-refractivity contribution is 7.88. The normalized spacial score (nSPS) is 11.5. The van der Waals surface area contributed by atoms with Crippen LogP contribution in [0, 0.1) is 19.7 Å². The average Bonchev–Trinajstić information content (AvgIpc) is 2.75. The van der Waals surface area contributed by atoms with Gasteiger partial charge in [0, 0.05) is 18.7 Å². The Kier molecular flexibility index (Phi) is 8.36. The second kappa shape index (κ2) is 10.9. The maximum absolute atomic E-state index is 14.0. The van der Waals surface area contributed by atoms with Crippen molar-refractivity contribution in [1.29, 1.82) is 0 Å². The Morgan fingerprint density at radius 1 is 0.941 bits per heavy atom. The van der Waals surface area contributed by atoms with Gasteiger partial charge >= 0.3 is 0 Å². The van der Waals surface area contributed by atoms with E-state index in [0.29, 0.717) is 27.6 Å². The number of carbonyl (C=O) groups excluding carboxylic acids is 1. The van der Waals surface area contributed by atoms with Gasteiger partial charge in [-0.1, -0.05) is 35.3 Å². The third-order valence-electron chi connectivity index (χ3n) is 5.29. The molecule has 0 aromatic heterocycles. The van der Waals surface area contributed by atoms with E-state index < -0.39 is 10.0 Å². The summed E-state index contributed by atoms with van der Waals surface area (Å²) in [6.45, 7) is 3.93. The second-order valence-corrected chi connectivity index (χ2v) is 10.8. The number of hydrogen-bond acceptors (Lipinski definition) is 3. The lowest BCUT2D eigenvalue weighted by molar-refractivity contribution is 0.0951. The number of carbonyl (C=O) groups is 1. The van der Waals surface area contributed by atoms with E-state index >= 15 is 0 Å². The van der Waals surface area contributed by atoms with Crippen LogP contribution in [0.5, 0.6) is 0 Å². The largest absolute Gasteiger partial charge is 0.348 e. The topological polar surface area (TPSA) is 75.3 Å². The zero-order valence-corrected chi connectivity index (χ0v) is 21.3. The van der Waals surface area contributed by atoms with Crippen LogP contribution in [-0.2, 0) is 23.0 Å². The Bertz CT molecular complexity index is 1340. The molecule has 1 amide bonds. The summed E-state index contributed by atoms with van der Waals surface area (Å²) >= 11 is 12.0. The van der Waals surface area contributed by atoms with Crippen LogP contribution < -0.4 is 10.0 Å². The average molecular weight is 523 g/mol. The number of halogens is 3. The Balaban J connectivity index is 1.92. The summed E-state index contributed by atoms with van der Waals surface area (Å²) in [6.07, 6.45) is 1.48. The van der Waals surface area contributed by atoms with Crippen molar-refractivity contribution in [3.8, 4) is 11.1 Å². The molecule has 3 rings (SSSR count). The van der Waals surface area contributed by atoms with Crippen LogP contribution in [0.3, 0.4) is 0 Å². The van der Waals surface area contributed by atoms with Gasteiger partial charge < -0.3 is 5.32 Å². The predicted octanol–water partition coefficient (Wildman–Crippen LogP) is 5.44. The molecular weight excluding hydrogens is 498 g/mol. The molecule has 2 N–H and O–H groups in total. The minimum absolute atomic E-state index is 0.189. The van der Waals surface area contributed by atoms with Crippen molar-refractivity contribution in [2.75, 3.05) is 12.8 Å². The first-order chi connectivity index (χ1) is 15.9. The molecule has 0 fully saturated rings. The SMILES string of the molecule is Cc1cc(-c2cc(CCNS(C)(=O)=O)cc(C(=O)NCc3ccc(Cl)c(Cl)c3)c2)c(C)cc1F. The van der Waals surface area contributed by atoms with Gasteiger partial charge in [0.2, 0.25) is 10.0 Å². The fraction of sp³-hybridized carbons (Fsp3) is 0.240. The molecule has 0 spiro atoms. The molecular formula is C25H25Cl2FN2O3S. The van der Waals surface area contributed by atoms with Crippen molar-refractivity contribution in [3.05, 3.63) is 92.2 Å². The van der Waals surface area contributed by atoms with Gasteiger partial charge in [-0.15, -0.1) is 0 Å². The van der Waals surface area contributed by atoms with Crippen LogP contribution in [-0.4, -0.2) is 27.1 Å². The molecule has 0 heterocycles. The van der Waals surface area contributed by atoms with Crippen molar-refractivity contribution in [2.45, 2.75) is 26.8 Å². The Morgan fingerprint density at radius 2 is 1.68 bits per heavy atom. The highest BCUT2D eigenvalue weighted by Crippen LogP contribution is 2.28. The Labute approximate surface area is 209 Å². The number of benzene rings is 3. The zero-order chi connectivity index (χ0) is 25.0. The van der Waals surface area contributed by atoms with E-state index in [1.807, 2.05) is 6.07 Å². The molecule has 180 valence electrons. The summed E-state index contributed by atoms with van der Waals surface area (Å²) in [4.78, 5) is 13.0. The minimum atomic E-state index is -3.34. The molecule has 0 saturated heterocycles. The van der Waals surface area contributed by atoms with E-state index in [1.54, 1.807) is 50.2 Å². The first-order valence-electron chi connectivity index (χ1n) is 10.5. The number of rotatable bonds is 8. The molecule has 5 nitrogen and oxygen atoms in total. The minimum Gasteiger partial charge on any atom is -0.348 e. The molecule has 0 radical (unpaired) electrons. The van der Waals surface area contributed by atoms with Crippen molar-refractivity contribution >= 4 is 39.1 Å². The van der Waals surface area contributed by atoms with Crippen LogP contribution >= 0.6 is 23.2 Å². The Morgan fingerprint density at radius 3 is 2.35 bits per heavy atom. The second-order valence-electron chi connectivity index (χ2n) is 8.18. The Hall–Kier alpha value is -2.45. The van der Waals surface area contributed by atoms with Gasteiger partial charge in [0.25, 0.3) is 5.91 Å². The lowest BCUT2D eigenvalue weighted by Crippen LogP contribution is -2.25. The maximum atomic E-state index is 14.0. The number of hydrogen-bond donors (Lipinski definition) is 2. The molecule has 9 heteroatoms. The fourth-order valence-electron chi connectivity index (χ4n) is 3.53. The van der Waals surface area contributed by atoms with Crippen LogP contribution in [0.4, 0.5) is 4.39 Å². The van der Waals surface area contributed by atoms with Gasteiger partial charge in [0.1, 0.15) is 5.82 Å². The van der Waals surface area contributed by atoms with E-state index in [9.17, 15) is 17.6 Å². The third kappa shape index (κ3) is 7.03. The molecule has 0 aliphatic rings. The number of sulfonamides is 1. The summed E-state index contributed by atoms with van der Waals surface area (Å²) in [5.74, 6) is -0.601. The summed E-state index contributed by atoms with van der Waals surface area (Å²) in [5, 5.41) is 3.70. The molecule has 0 aliphatic carbocycles. The van der Waals surface area contributed by atoms with Gasteiger partial charge in [-0.2, -0.15) is 0 Å². The van der Waals surface area contributed by atoms with Crippen LogP contribution in [0.15, 0.2) is 48.5 Å². The van der Waals surface area contributed by atoms with Crippen LogP contribution in [0.1, 0.15) is 32.6 Å². The van der Waals surface area contributed by atoms with E-state index in [2.05, 4.69) is 10.0 Å². The first kappa shape index (κ1) is 26.2. The zero-order valence-electron chi connectivity index (χ0n) is 19.0. The van der Waals surface area contributed by atoms with E-state index in [4.69, 9.17) is 23.2 Å². The van der Waals surface area contributed by atoms with Crippen LogP contribution in [0.25, 0.3) is 11.1 Å². The summed E-state index contributed by atoms with van der Waals surface area (Å²) < 4.78 is 39.3. The molecule has 0 aliphatic heterocycles. The molecule has 3 aromatic rings. The highest BCUT2D eigenvalue weighted by Gasteiger charge is 2.14. The molecule has 0 bridgehead atoms. The van der Waals surface area contributed by atoms with Crippen molar-refractivity contribution in [2.24, 2.45) is 0 Å². The monoisotopic (exact) mass is 522 g/mol. The van der Waals surface area contributed by atoms with Gasteiger partial charge in [-0.3, -0.25) is 4.79 Å². The van der Waals surface area contributed by atoms with Gasteiger partial charge in [0.15, 0.2) is 0 Å². The van der Waals surface area contributed by atoms with Crippen LogP contribution in [0.2, 0.25) is 10.0 Å². The smallest absolute Gasteiger partial charge is 0.251 e. The summed E-state index contributed by atoms with van der Waals surface area (Å²) in [7, 11) is -3.34. The van der Waals surface area contributed by atoms with Gasteiger partial charge in [-0.25, -0.2) is 17.5 Å². The molecule has 3 aromatic carbocycles. The number of aryl methyl sites for hydroxylation is 2.